The van der Waals surface area contributed by atoms with Crippen LogP contribution in [0.1, 0.15) is 35.2 Å². The number of carbonyl (C=O) groups is 3. The van der Waals surface area contributed by atoms with E-state index in [1.807, 2.05) is 30.3 Å². The smallest absolute Gasteiger partial charge is 0.306 e. The first-order valence-electron chi connectivity index (χ1n) is 9.14. The molecule has 0 fully saturated rings. The molecular weight excluding hydrogens is 390 g/mol. The molecule has 152 valence electrons. The lowest BCUT2D eigenvalue weighted by molar-refractivity contribution is -0.145. The molecule has 0 aliphatic rings. The summed E-state index contributed by atoms with van der Waals surface area (Å²) in [5.41, 5.74) is 7.24. The summed E-state index contributed by atoms with van der Waals surface area (Å²) in [6.45, 7) is 0.311. The van der Waals surface area contributed by atoms with Crippen LogP contribution in [-0.4, -0.2) is 29.5 Å². The number of anilines is 1. The van der Waals surface area contributed by atoms with Gasteiger partial charge in [0.15, 0.2) is 5.11 Å². The lowest BCUT2D eigenvalue weighted by Crippen LogP contribution is -2.34. The summed E-state index contributed by atoms with van der Waals surface area (Å²) in [6.07, 6.45) is 1.48. The fourth-order valence-electron chi connectivity index (χ4n) is 2.50. The highest BCUT2D eigenvalue weighted by Crippen LogP contribution is 2.10. The molecule has 0 aromatic heterocycles. The van der Waals surface area contributed by atoms with Crippen LogP contribution < -0.4 is 16.4 Å². The molecule has 2 amide bonds. The number of nitrogens with two attached hydrogens (primary N) is 1. The van der Waals surface area contributed by atoms with Gasteiger partial charge >= 0.3 is 5.97 Å². The summed E-state index contributed by atoms with van der Waals surface area (Å²) < 4.78 is 5.14. The zero-order valence-electron chi connectivity index (χ0n) is 15.9. The molecule has 0 bridgehead atoms. The molecule has 0 atom stereocenters. The van der Waals surface area contributed by atoms with Crippen molar-refractivity contribution < 1.29 is 19.1 Å². The van der Waals surface area contributed by atoms with Gasteiger partial charge in [0.2, 0.25) is 11.8 Å². The molecule has 4 N–H and O–H groups in total. The van der Waals surface area contributed by atoms with Gasteiger partial charge in [0.25, 0.3) is 0 Å². The largest absolute Gasteiger partial charge is 0.466 e. The average molecular weight is 413 g/mol. The molecular formula is C21H23N3O4S. The lowest BCUT2D eigenvalue weighted by atomic mass is 10.1. The van der Waals surface area contributed by atoms with Gasteiger partial charge in [-0.05, 0) is 48.8 Å². The minimum absolute atomic E-state index is 0.0308. The van der Waals surface area contributed by atoms with E-state index in [2.05, 4.69) is 10.6 Å². The van der Waals surface area contributed by atoms with Crippen LogP contribution in [0.25, 0.3) is 0 Å². The summed E-state index contributed by atoms with van der Waals surface area (Å²) in [4.78, 5) is 34.8. The van der Waals surface area contributed by atoms with Crippen molar-refractivity contribution in [2.24, 2.45) is 5.73 Å². The van der Waals surface area contributed by atoms with Crippen molar-refractivity contribution in [1.29, 1.82) is 0 Å². The summed E-state index contributed by atoms with van der Waals surface area (Å²) in [6, 6.07) is 16.3. The molecule has 0 unspecified atom stereocenters. The molecule has 0 saturated carbocycles. The van der Waals surface area contributed by atoms with Gasteiger partial charge in [-0.3, -0.25) is 14.4 Å². The van der Waals surface area contributed by atoms with Gasteiger partial charge in [0.1, 0.15) is 0 Å². The first-order chi connectivity index (χ1) is 13.9. The standard InChI is InChI=1S/C21H23N3O4S/c22-20(27)16-9-4-10-17(14-16)23-21(29)24-18(25)11-12-19(26)28-13-5-8-15-6-2-1-3-7-15/h1-4,6-7,9-10,14H,5,8,11-13H2,(H2,22,27)(H2,23,24,25,29). The number of ether oxygens (including phenoxy) is 1. The highest BCUT2D eigenvalue weighted by molar-refractivity contribution is 7.80. The number of esters is 1. The molecule has 0 aliphatic heterocycles. The van der Waals surface area contributed by atoms with E-state index in [0.717, 1.165) is 12.8 Å². The minimum Gasteiger partial charge on any atom is -0.466 e. The minimum atomic E-state index is -0.564. The predicted molar refractivity (Wildman–Crippen MR) is 114 cm³/mol. The molecule has 0 aliphatic carbocycles. The Morgan fingerprint density at radius 1 is 1.00 bits per heavy atom. The van der Waals surface area contributed by atoms with Crippen molar-refractivity contribution in [2.45, 2.75) is 25.7 Å². The van der Waals surface area contributed by atoms with E-state index in [-0.39, 0.29) is 18.0 Å². The first kappa shape index (κ1) is 22.0. The van der Waals surface area contributed by atoms with Crippen LogP contribution in [-0.2, 0) is 20.7 Å². The van der Waals surface area contributed by atoms with Crippen LogP contribution in [0.15, 0.2) is 54.6 Å². The molecule has 0 spiro atoms. The third-order valence-electron chi connectivity index (χ3n) is 3.93. The number of aryl methyl sites for hydroxylation is 1. The topological polar surface area (TPSA) is 111 Å². The van der Waals surface area contributed by atoms with Crippen LogP contribution in [0.5, 0.6) is 0 Å². The van der Waals surface area contributed by atoms with Gasteiger partial charge < -0.3 is 21.1 Å². The number of hydrogen-bond donors (Lipinski definition) is 3. The summed E-state index contributed by atoms with van der Waals surface area (Å²) in [5.74, 6) is -1.40. The van der Waals surface area contributed by atoms with Gasteiger partial charge in [0.05, 0.1) is 13.0 Å². The first-order valence-corrected chi connectivity index (χ1v) is 9.55. The van der Waals surface area contributed by atoms with Crippen molar-refractivity contribution in [3.8, 4) is 0 Å². The number of nitrogens with one attached hydrogen (secondary N) is 2. The maximum atomic E-state index is 11.9. The van der Waals surface area contributed by atoms with Crippen LogP contribution in [0.4, 0.5) is 5.69 Å². The van der Waals surface area contributed by atoms with E-state index >= 15 is 0 Å². The zero-order valence-corrected chi connectivity index (χ0v) is 16.7. The van der Waals surface area contributed by atoms with E-state index in [0.29, 0.717) is 17.9 Å². The van der Waals surface area contributed by atoms with Gasteiger partial charge in [0, 0.05) is 17.7 Å². The molecule has 0 heterocycles. The quantitative estimate of drug-likeness (QED) is 0.331. The molecule has 0 radical (unpaired) electrons. The molecule has 2 aromatic carbocycles. The second-order valence-corrected chi connectivity index (χ2v) is 6.67. The van der Waals surface area contributed by atoms with Crippen molar-refractivity contribution >= 4 is 40.8 Å². The summed E-state index contributed by atoms with van der Waals surface area (Å²) in [5, 5.41) is 5.33. The lowest BCUT2D eigenvalue weighted by Gasteiger charge is -2.10. The summed E-state index contributed by atoms with van der Waals surface area (Å²) in [7, 11) is 0. The average Bonchev–Trinajstić information content (AvgIpc) is 2.70. The third kappa shape index (κ3) is 8.52. The molecule has 2 aromatic rings. The van der Waals surface area contributed by atoms with Crippen LogP contribution in [0, 0.1) is 0 Å². The normalized spacial score (nSPS) is 10.1. The molecule has 7 nitrogen and oxygen atoms in total. The Balaban J connectivity index is 1.63. The fourth-order valence-corrected chi connectivity index (χ4v) is 2.73. The van der Waals surface area contributed by atoms with Gasteiger partial charge in [-0.2, -0.15) is 0 Å². The maximum Gasteiger partial charge on any atom is 0.306 e. The Labute approximate surface area is 174 Å². The van der Waals surface area contributed by atoms with E-state index in [9.17, 15) is 14.4 Å². The van der Waals surface area contributed by atoms with Crippen molar-refractivity contribution in [2.75, 3.05) is 11.9 Å². The van der Waals surface area contributed by atoms with Gasteiger partial charge in [-0.25, -0.2) is 0 Å². The Kier molecular flexibility index (Phi) is 8.78. The van der Waals surface area contributed by atoms with Crippen LogP contribution in [0.2, 0.25) is 0 Å². The highest BCUT2D eigenvalue weighted by atomic mass is 32.1. The third-order valence-corrected chi connectivity index (χ3v) is 4.13. The Morgan fingerprint density at radius 3 is 2.48 bits per heavy atom. The number of benzene rings is 2. The van der Waals surface area contributed by atoms with Gasteiger partial charge in [-0.1, -0.05) is 36.4 Å². The molecule has 0 saturated heterocycles. The van der Waals surface area contributed by atoms with Crippen molar-refractivity contribution in [1.82, 2.24) is 5.32 Å². The van der Waals surface area contributed by atoms with Gasteiger partial charge in [-0.15, -0.1) is 0 Å². The van der Waals surface area contributed by atoms with E-state index in [1.165, 1.54) is 11.6 Å². The number of rotatable bonds is 9. The van der Waals surface area contributed by atoms with E-state index in [4.69, 9.17) is 22.7 Å². The second kappa shape index (κ2) is 11.6. The van der Waals surface area contributed by atoms with Crippen molar-refractivity contribution in [3.63, 3.8) is 0 Å². The monoisotopic (exact) mass is 413 g/mol. The number of thiocarbonyl (C=S) groups is 1. The number of primary amides is 1. The number of hydrogen-bond acceptors (Lipinski definition) is 5. The predicted octanol–water partition coefficient (Wildman–Crippen LogP) is 2.55. The van der Waals surface area contributed by atoms with E-state index in [1.54, 1.807) is 18.2 Å². The second-order valence-electron chi connectivity index (χ2n) is 6.26. The number of carbonyl (C=O) groups excluding carboxylic acids is 3. The molecule has 29 heavy (non-hydrogen) atoms. The Bertz CT molecular complexity index is 871. The van der Waals surface area contributed by atoms with Crippen LogP contribution >= 0.6 is 12.2 Å². The number of amides is 2. The maximum absolute atomic E-state index is 11.9. The van der Waals surface area contributed by atoms with E-state index < -0.39 is 17.8 Å². The highest BCUT2D eigenvalue weighted by Gasteiger charge is 2.10. The SMILES string of the molecule is NC(=O)c1cccc(NC(=S)NC(=O)CCC(=O)OCCCc2ccccc2)c1. The van der Waals surface area contributed by atoms with Crippen LogP contribution in [0.3, 0.4) is 0 Å². The molecule has 8 heteroatoms. The molecule has 2 rings (SSSR count). The Morgan fingerprint density at radius 2 is 1.76 bits per heavy atom. The fraction of sp³-hybridized carbons (Fsp3) is 0.238. The Hall–Kier alpha value is -3.26. The van der Waals surface area contributed by atoms with Crippen molar-refractivity contribution in [3.05, 3.63) is 65.7 Å². The summed E-state index contributed by atoms with van der Waals surface area (Å²) >= 11 is 5.06. The zero-order chi connectivity index (χ0) is 21.1.